The van der Waals surface area contributed by atoms with Crippen LogP contribution in [0.4, 0.5) is 0 Å². The van der Waals surface area contributed by atoms with Crippen LogP contribution in [0.5, 0.6) is 0 Å². The topological polar surface area (TPSA) is 20.3 Å². The third-order valence-corrected chi connectivity index (χ3v) is 0.970. The molecule has 0 fully saturated rings. The summed E-state index contributed by atoms with van der Waals surface area (Å²) in [5, 5.41) is 0. The molecule has 2 nitrogen and oxygen atoms in total. The quantitative estimate of drug-likeness (QED) is 0.648. The van der Waals surface area contributed by atoms with Gasteiger partial charge in [0.2, 0.25) is 5.91 Å². The zero-order chi connectivity index (χ0) is 11.3. The van der Waals surface area contributed by atoms with Crippen molar-refractivity contribution in [3.63, 3.8) is 0 Å². The van der Waals surface area contributed by atoms with E-state index in [4.69, 9.17) is 0 Å². The summed E-state index contributed by atoms with van der Waals surface area (Å²) < 4.78 is 0. The highest BCUT2D eigenvalue weighted by Crippen LogP contribution is 1.87. The van der Waals surface area contributed by atoms with Gasteiger partial charge in [0.1, 0.15) is 0 Å². The first kappa shape index (κ1) is 18.1. The summed E-state index contributed by atoms with van der Waals surface area (Å²) in [7, 11) is 1.69. The van der Waals surface area contributed by atoms with Crippen LogP contribution in [0.25, 0.3) is 0 Å². The lowest BCUT2D eigenvalue weighted by Gasteiger charge is -2.07. The number of hydrogen-bond donors (Lipinski definition) is 0. The van der Waals surface area contributed by atoms with Gasteiger partial charge in [-0.25, -0.2) is 0 Å². The van der Waals surface area contributed by atoms with E-state index in [2.05, 4.69) is 20.4 Å². The second kappa shape index (κ2) is 17.3. The summed E-state index contributed by atoms with van der Waals surface area (Å²) in [6.45, 7) is 13.5. The van der Waals surface area contributed by atoms with Gasteiger partial charge in [0.15, 0.2) is 0 Å². The van der Waals surface area contributed by atoms with Crippen molar-refractivity contribution in [1.82, 2.24) is 4.90 Å². The van der Waals surface area contributed by atoms with Crippen LogP contribution in [-0.2, 0) is 4.79 Å². The van der Waals surface area contributed by atoms with Gasteiger partial charge in [-0.1, -0.05) is 47.6 Å². The zero-order valence-corrected chi connectivity index (χ0v) is 10.1. The van der Waals surface area contributed by atoms with Crippen LogP contribution in [0.1, 0.15) is 47.5 Å². The Hall–Kier alpha value is -0.790. The molecule has 0 aliphatic heterocycles. The Morgan fingerprint density at radius 2 is 1.62 bits per heavy atom. The zero-order valence-electron chi connectivity index (χ0n) is 10.1. The Bertz CT molecular complexity index is 111. The maximum absolute atomic E-state index is 10.6. The molecule has 0 spiro atoms. The average Bonchev–Trinajstić information content (AvgIpc) is 2.19. The third kappa shape index (κ3) is 18.3. The van der Waals surface area contributed by atoms with Crippen molar-refractivity contribution < 1.29 is 4.79 Å². The number of nitrogens with zero attached hydrogens (tertiary/aromatic N) is 1. The Balaban J connectivity index is -0.000000169. The fourth-order valence-electron chi connectivity index (χ4n) is 0.351. The molecule has 0 aliphatic rings. The molecule has 1 amide bonds. The molecule has 80 valence electrons. The smallest absolute Gasteiger partial charge is 0.225 e. The fourth-order valence-corrected chi connectivity index (χ4v) is 0.351. The minimum atomic E-state index is 0.0972. The van der Waals surface area contributed by atoms with Gasteiger partial charge in [0.05, 0.1) is 0 Å². The molecule has 2 heteroatoms. The molecule has 0 saturated carbocycles. The lowest BCUT2D eigenvalue weighted by atomic mass is 10.4. The molecular weight excluding hydrogens is 162 g/mol. The van der Waals surface area contributed by atoms with E-state index in [-0.39, 0.29) is 5.91 Å². The lowest BCUT2D eigenvalue weighted by Crippen LogP contribution is -2.18. The van der Waals surface area contributed by atoms with Crippen molar-refractivity contribution in [2.45, 2.75) is 47.5 Å². The molecule has 0 N–H and O–H groups in total. The number of carbonyl (C=O) groups is 1. The number of amides is 1. The molecule has 0 aromatic heterocycles. The lowest BCUT2D eigenvalue weighted by molar-refractivity contribution is -0.127. The second-order valence-electron chi connectivity index (χ2n) is 2.25. The van der Waals surface area contributed by atoms with Crippen molar-refractivity contribution in [1.29, 1.82) is 0 Å². The van der Waals surface area contributed by atoms with Crippen LogP contribution in [0.15, 0.2) is 12.8 Å². The molecule has 0 bridgehead atoms. The second-order valence-corrected chi connectivity index (χ2v) is 2.25. The van der Waals surface area contributed by atoms with Gasteiger partial charge in [0.25, 0.3) is 0 Å². The van der Waals surface area contributed by atoms with Gasteiger partial charge in [-0.05, 0) is 6.20 Å². The van der Waals surface area contributed by atoms with E-state index < -0.39 is 0 Å². The summed E-state index contributed by atoms with van der Waals surface area (Å²) in [5.41, 5.74) is 0. The van der Waals surface area contributed by atoms with Crippen LogP contribution < -0.4 is 0 Å². The Kier molecular flexibility index (Phi) is 24.1. The van der Waals surface area contributed by atoms with E-state index in [0.29, 0.717) is 6.42 Å². The minimum Gasteiger partial charge on any atom is -0.323 e. The van der Waals surface area contributed by atoms with Gasteiger partial charge < -0.3 is 4.90 Å². The van der Waals surface area contributed by atoms with Crippen molar-refractivity contribution >= 4 is 5.91 Å². The molecule has 0 aromatic rings. The van der Waals surface area contributed by atoms with Gasteiger partial charge in [-0.3, -0.25) is 4.79 Å². The van der Waals surface area contributed by atoms with Crippen molar-refractivity contribution in [2.24, 2.45) is 0 Å². The summed E-state index contributed by atoms with van der Waals surface area (Å²) in [6.07, 6.45) is 3.30. The molecule has 0 saturated heterocycles. The van der Waals surface area contributed by atoms with Gasteiger partial charge in [-0.15, -0.1) is 0 Å². The molecule has 0 atom stereocenters. The fraction of sp³-hybridized carbons (Fsp3) is 0.727. The number of hydrogen-bond acceptors (Lipinski definition) is 1. The molecule has 13 heavy (non-hydrogen) atoms. The van der Waals surface area contributed by atoms with Crippen LogP contribution in [0.3, 0.4) is 0 Å². The van der Waals surface area contributed by atoms with Crippen molar-refractivity contribution in [2.75, 3.05) is 7.05 Å². The average molecular weight is 187 g/mol. The molecule has 0 unspecified atom stereocenters. The highest BCUT2D eigenvalue weighted by atomic mass is 16.2. The first-order valence-corrected chi connectivity index (χ1v) is 5.02. The molecule has 0 radical (unpaired) electrons. The van der Waals surface area contributed by atoms with Crippen LogP contribution in [0, 0.1) is 0 Å². The maximum Gasteiger partial charge on any atom is 0.225 e. The molecule has 0 heterocycles. The molecule has 0 aromatic carbocycles. The predicted molar refractivity (Wildman–Crippen MR) is 60.6 cm³/mol. The highest BCUT2D eigenvalue weighted by molar-refractivity contribution is 5.76. The summed E-state index contributed by atoms with van der Waals surface area (Å²) in [6, 6.07) is 0. The third-order valence-electron chi connectivity index (χ3n) is 0.970. The standard InChI is InChI=1S/C6H11NO.C3H8.C2H6/c1-4-6(8)7(3)5-2;1-3-2;1-2/h5H,2,4H2,1,3H3;3H2,1-2H3;1-2H3. The first-order chi connectivity index (χ1) is 6.13. The number of carbonyl (C=O) groups excluding carboxylic acids is 1. The van der Waals surface area contributed by atoms with Crippen LogP contribution in [-0.4, -0.2) is 17.9 Å². The molecule has 0 rings (SSSR count). The van der Waals surface area contributed by atoms with E-state index in [1.807, 2.05) is 20.8 Å². The largest absolute Gasteiger partial charge is 0.323 e. The Morgan fingerprint density at radius 3 is 1.69 bits per heavy atom. The number of rotatable bonds is 2. The van der Waals surface area contributed by atoms with E-state index in [1.165, 1.54) is 17.5 Å². The predicted octanol–water partition coefficient (Wildman–Crippen LogP) is 3.44. The summed E-state index contributed by atoms with van der Waals surface area (Å²) in [4.78, 5) is 12.1. The Morgan fingerprint density at radius 1 is 1.31 bits per heavy atom. The monoisotopic (exact) mass is 187 g/mol. The van der Waals surface area contributed by atoms with Crippen molar-refractivity contribution in [3.8, 4) is 0 Å². The first-order valence-electron chi connectivity index (χ1n) is 5.02. The van der Waals surface area contributed by atoms with Crippen molar-refractivity contribution in [3.05, 3.63) is 12.8 Å². The van der Waals surface area contributed by atoms with E-state index in [1.54, 1.807) is 7.05 Å². The van der Waals surface area contributed by atoms with Gasteiger partial charge >= 0.3 is 0 Å². The van der Waals surface area contributed by atoms with E-state index in [9.17, 15) is 4.79 Å². The summed E-state index contributed by atoms with van der Waals surface area (Å²) >= 11 is 0. The summed E-state index contributed by atoms with van der Waals surface area (Å²) in [5.74, 6) is 0.0972. The normalized spacial score (nSPS) is 6.92. The van der Waals surface area contributed by atoms with Gasteiger partial charge in [-0.2, -0.15) is 0 Å². The van der Waals surface area contributed by atoms with Gasteiger partial charge in [0, 0.05) is 13.5 Å². The van der Waals surface area contributed by atoms with E-state index in [0.717, 1.165) is 0 Å². The molecule has 0 aliphatic carbocycles. The SMILES string of the molecule is C=CN(C)C(=O)CC.CC.CCC. The Labute approximate surface area is 83.6 Å². The minimum absolute atomic E-state index is 0.0972. The van der Waals surface area contributed by atoms with E-state index >= 15 is 0 Å². The highest BCUT2D eigenvalue weighted by Gasteiger charge is 1.97. The van der Waals surface area contributed by atoms with Crippen LogP contribution >= 0.6 is 0 Å². The maximum atomic E-state index is 10.6. The van der Waals surface area contributed by atoms with Crippen LogP contribution in [0.2, 0.25) is 0 Å². The molecular formula is C11H25NO.